The number of hydrogen-bond donors (Lipinski definition) is 0. The molecule has 0 heterocycles. The van der Waals surface area contributed by atoms with E-state index in [4.69, 9.17) is 27.6 Å². The molecule has 0 atom stereocenters. The molecular weight excluding hydrogens is 235 g/mol. The predicted octanol–water partition coefficient (Wildman–Crippen LogP) is 3.79. The zero-order valence-corrected chi connectivity index (χ0v) is 10.8. The van der Waals surface area contributed by atoms with Crippen LogP contribution in [0, 0.1) is 0 Å². The highest BCUT2D eigenvalue weighted by Crippen LogP contribution is 2.23. The zero-order chi connectivity index (χ0) is 10.6. The molecule has 0 saturated carbocycles. The monoisotopic (exact) mass is 247 g/mol. The Hall–Kier alpha value is -0.183. The molecule has 0 amide bonds. The minimum atomic E-state index is -0.745. The highest BCUT2D eigenvalue weighted by atomic mass is 35.5. The third-order valence-electron chi connectivity index (χ3n) is 1.74. The van der Waals surface area contributed by atoms with Gasteiger partial charge in [0, 0.05) is 11.4 Å². The summed E-state index contributed by atoms with van der Waals surface area (Å²) in [5.74, 6) is 1.87. The summed E-state index contributed by atoms with van der Waals surface area (Å²) < 4.78 is 5.74. The van der Waals surface area contributed by atoms with Gasteiger partial charge in [-0.25, -0.2) is 0 Å². The first-order chi connectivity index (χ1) is 6.67. The SMILES string of the molecule is C[Si](C)Oc1cc(CCl)ccc1CCl. The Morgan fingerprint density at radius 2 is 1.93 bits per heavy atom. The molecule has 77 valence electrons. The van der Waals surface area contributed by atoms with Gasteiger partial charge in [-0.1, -0.05) is 12.1 Å². The standard InChI is InChI=1S/C10H13Cl2OSi/c1-14(2)13-10-5-8(6-11)3-4-9(10)7-12/h3-5H,6-7H2,1-2H3. The summed E-state index contributed by atoms with van der Waals surface area (Å²) in [6.07, 6.45) is 0. The average molecular weight is 248 g/mol. The molecule has 0 unspecified atom stereocenters. The van der Waals surface area contributed by atoms with Gasteiger partial charge >= 0.3 is 0 Å². The minimum Gasteiger partial charge on any atom is -0.542 e. The van der Waals surface area contributed by atoms with Crippen molar-refractivity contribution >= 4 is 32.2 Å². The van der Waals surface area contributed by atoms with E-state index in [1.54, 1.807) is 0 Å². The molecule has 1 nitrogen and oxygen atoms in total. The van der Waals surface area contributed by atoms with Crippen LogP contribution in [0.4, 0.5) is 0 Å². The van der Waals surface area contributed by atoms with Crippen LogP contribution >= 0.6 is 23.2 Å². The molecule has 0 fully saturated rings. The molecule has 0 spiro atoms. The van der Waals surface area contributed by atoms with Gasteiger partial charge in [0.25, 0.3) is 9.04 Å². The Balaban J connectivity index is 2.96. The zero-order valence-electron chi connectivity index (χ0n) is 8.31. The van der Waals surface area contributed by atoms with Gasteiger partial charge in [-0.3, -0.25) is 0 Å². The van der Waals surface area contributed by atoms with Crippen molar-refractivity contribution in [2.24, 2.45) is 0 Å². The maximum absolute atomic E-state index is 5.81. The van der Waals surface area contributed by atoms with Crippen LogP contribution in [0.2, 0.25) is 13.1 Å². The van der Waals surface area contributed by atoms with Gasteiger partial charge in [0.05, 0.1) is 5.88 Å². The van der Waals surface area contributed by atoms with Crippen LogP contribution in [0.5, 0.6) is 5.75 Å². The van der Waals surface area contributed by atoms with E-state index in [9.17, 15) is 0 Å². The third kappa shape index (κ3) is 3.19. The Kier molecular flexibility index (Phi) is 4.79. The first-order valence-corrected chi connectivity index (χ1v) is 7.87. The van der Waals surface area contributed by atoms with Crippen LogP contribution in [-0.4, -0.2) is 9.04 Å². The van der Waals surface area contributed by atoms with Crippen LogP contribution in [0.1, 0.15) is 11.1 Å². The van der Waals surface area contributed by atoms with E-state index in [-0.39, 0.29) is 0 Å². The second-order valence-electron chi connectivity index (χ2n) is 3.22. The summed E-state index contributed by atoms with van der Waals surface area (Å²) in [7, 11) is -0.745. The summed E-state index contributed by atoms with van der Waals surface area (Å²) in [5, 5.41) is 0. The topological polar surface area (TPSA) is 9.23 Å². The van der Waals surface area contributed by atoms with Crippen molar-refractivity contribution < 1.29 is 4.43 Å². The molecule has 1 rings (SSSR count). The lowest BCUT2D eigenvalue weighted by molar-refractivity contribution is 0.574. The van der Waals surface area contributed by atoms with Crippen molar-refractivity contribution in [3.05, 3.63) is 29.3 Å². The largest absolute Gasteiger partial charge is 0.542 e. The number of rotatable bonds is 4. The molecule has 0 N–H and O–H groups in total. The van der Waals surface area contributed by atoms with E-state index in [1.165, 1.54) is 0 Å². The van der Waals surface area contributed by atoms with Gasteiger partial charge in [-0.2, -0.15) is 0 Å². The fraction of sp³-hybridized carbons (Fsp3) is 0.400. The van der Waals surface area contributed by atoms with Gasteiger partial charge in [-0.15, -0.1) is 23.2 Å². The summed E-state index contributed by atoms with van der Waals surface area (Å²) >= 11 is 11.6. The van der Waals surface area contributed by atoms with Gasteiger partial charge in [-0.05, 0) is 24.7 Å². The Morgan fingerprint density at radius 3 is 2.43 bits per heavy atom. The summed E-state index contributed by atoms with van der Waals surface area (Å²) in [4.78, 5) is 0. The smallest absolute Gasteiger partial charge is 0.274 e. The van der Waals surface area contributed by atoms with Gasteiger partial charge in [0.15, 0.2) is 0 Å². The van der Waals surface area contributed by atoms with Crippen molar-refractivity contribution in [1.82, 2.24) is 0 Å². The van der Waals surface area contributed by atoms with Gasteiger partial charge < -0.3 is 4.43 Å². The Labute approximate surface area is 96.7 Å². The Morgan fingerprint density at radius 1 is 1.21 bits per heavy atom. The quantitative estimate of drug-likeness (QED) is 0.581. The first-order valence-electron chi connectivity index (χ1n) is 4.39. The van der Waals surface area contributed by atoms with Gasteiger partial charge in [0.2, 0.25) is 0 Å². The molecule has 1 aromatic carbocycles. The summed E-state index contributed by atoms with van der Waals surface area (Å²) in [6.45, 7) is 4.19. The van der Waals surface area contributed by atoms with Crippen molar-refractivity contribution in [3.63, 3.8) is 0 Å². The van der Waals surface area contributed by atoms with Crippen molar-refractivity contribution in [2.45, 2.75) is 24.9 Å². The first kappa shape index (κ1) is 11.9. The normalized spacial score (nSPS) is 10.6. The second-order valence-corrected chi connectivity index (χ2v) is 5.77. The number of hydrogen-bond acceptors (Lipinski definition) is 1. The van der Waals surface area contributed by atoms with Gasteiger partial charge in [0.1, 0.15) is 5.75 Å². The van der Waals surface area contributed by atoms with E-state index < -0.39 is 9.04 Å². The maximum Gasteiger partial charge on any atom is 0.274 e. The van der Waals surface area contributed by atoms with Crippen LogP contribution in [0.3, 0.4) is 0 Å². The fourth-order valence-corrected chi connectivity index (χ4v) is 2.12. The minimum absolute atomic E-state index is 0.479. The average Bonchev–Trinajstić information content (AvgIpc) is 2.16. The molecule has 1 aromatic rings. The second kappa shape index (κ2) is 5.64. The molecule has 1 radical (unpaired) electrons. The molecule has 0 aliphatic rings. The highest BCUT2D eigenvalue weighted by molar-refractivity contribution is 6.49. The number of benzene rings is 1. The van der Waals surface area contributed by atoms with E-state index in [1.807, 2.05) is 18.2 Å². The molecule has 0 aliphatic carbocycles. The molecule has 0 saturated heterocycles. The summed E-state index contributed by atoms with van der Waals surface area (Å²) in [6, 6.07) is 5.93. The van der Waals surface area contributed by atoms with Crippen molar-refractivity contribution in [3.8, 4) is 5.75 Å². The summed E-state index contributed by atoms with van der Waals surface area (Å²) in [5.41, 5.74) is 2.10. The lowest BCUT2D eigenvalue weighted by Crippen LogP contribution is -2.12. The van der Waals surface area contributed by atoms with Crippen LogP contribution in [0.15, 0.2) is 18.2 Å². The third-order valence-corrected chi connectivity index (χ3v) is 2.97. The molecule has 14 heavy (non-hydrogen) atoms. The van der Waals surface area contributed by atoms with Crippen LogP contribution in [-0.2, 0) is 11.8 Å². The van der Waals surface area contributed by atoms with E-state index in [2.05, 4.69) is 13.1 Å². The van der Waals surface area contributed by atoms with E-state index in [0.717, 1.165) is 16.9 Å². The lowest BCUT2D eigenvalue weighted by Gasteiger charge is -2.13. The van der Waals surface area contributed by atoms with Crippen LogP contribution in [0.25, 0.3) is 0 Å². The lowest BCUT2D eigenvalue weighted by atomic mass is 10.1. The van der Waals surface area contributed by atoms with E-state index >= 15 is 0 Å². The van der Waals surface area contributed by atoms with Crippen molar-refractivity contribution in [2.75, 3.05) is 0 Å². The van der Waals surface area contributed by atoms with Crippen molar-refractivity contribution in [1.29, 1.82) is 0 Å². The Bertz CT molecular complexity index is 302. The number of halogens is 2. The molecule has 0 aliphatic heterocycles. The number of alkyl halides is 2. The fourth-order valence-electron chi connectivity index (χ4n) is 1.11. The molecule has 0 aromatic heterocycles. The molecule has 4 heteroatoms. The predicted molar refractivity (Wildman–Crippen MR) is 63.7 cm³/mol. The van der Waals surface area contributed by atoms with Crippen LogP contribution < -0.4 is 4.43 Å². The maximum atomic E-state index is 5.81. The molecular formula is C10H13Cl2OSi. The molecule has 0 bridgehead atoms. The van der Waals surface area contributed by atoms with E-state index in [0.29, 0.717) is 11.8 Å². The highest BCUT2D eigenvalue weighted by Gasteiger charge is 2.07.